The van der Waals surface area contributed by atoms with Gasteiger partial charge in [0.2, 0.25) is 11.8 Å². The standard InChI is InChI=1S/C24H29BrN2O4/c1-3-11-26-24(29)17(2)27(16-19-5-4-6-20(25)14-19)23(28)10-8-18-7-9-21-22(15-18)31-13-12-30-21/h4-7,9,14-15,17H,3,8,10-13,16H2,1-2H3,(H,26,29)/t17-/m1/s1. The summed E-state index contributed by atoms with van der Waals surface area (Å²) in [6.07, 6.45) is 1.72. The van der Waals surface area contributed by atoms with Crippen LogP contribution in [0.2, 0.25) is 0 Å². The van der Waals surface area contributed by atoms with Crippen molar-refractivity contribution in [1.82, 2.24) is 10.2 Å². The number of hydrogen-bond donors (Lipinski definition) is 1. The summed E-state index contributed by atoms with van der Waals surface area (Å²) in [5.74, 6) is 1.26. The fourth-order valence-electron chi connectivity index (χ4n) is 3.45. The summed E-state index contributed by atoms with van der Waals surface area (Å²) in [5, 5.41) is 2.90. The molecule has 2 amide bonds. The average Bonchev–Trinajstić information content (AvgIpc) is 2.78. The molecule has 166 valence electrons. The Labute approximate surface area is 192 Å². The van der Waals surface area contributed by atoms with E-state index in [-0.39, 0.29) is 11.8 Å². The number of nitrogens with one attached hydrogen (secondary N) is 1. The molecule has 0 unspecified atom stereocenters. The van der Waals surface area contributed by atoms with Crippen molar-refractivity contribution in [3.05, 3.63) is 58.1 Å². The zero-order valence-corrected chi connectivity index (χ0v) is 19.6. The number of benzene rings is 2. The maximum atomic E-state index is 13.2. The Morgan fingerprint density at radius 3 is 2.61 bits per heavy atom. The molecule has 31 heavy (non-hydrogen) atoms. The topological polar surface area (TPSA) is 67.9 Å². The van der Waals surface area contributed by atoms with Crippen LogP contribution in [0.1, 0.15) is 37.8 Å². The van der Waals surface area contributed by atoms with E-state index in [1.54, 1.807) is 11.8 Å². The summed E-state index contributed by atoms with van der Waals surface area (Å²) in [6, 6.07) is 13.0. The van der Waals surface area contributed by atoms with Crippen molar-refractivity contribution in [3.63, 3.8) is 0 Å². The largest absolute Gasteiger partial charge is 0.486 e. The van der Waals surface area contributed by atoms with Gasteiger partial charge in [0.15, 0.2) is 11.5 Å². The molecular formula is C24H29BrN2O4. The van der Waals surface area contributed by atoms with E-state index in [1.807, 2.05) is 49.4 Å². The molecule has 1 aliphatic heterocycles. The van der Waals surface area contributed by atoms with Gasteiger partial charge >= 0.3 is 0 Å². The van der Waals surface area contributed by atoms with Crippen molar-refractivity contribution in [3.8, 4) is 11.5 Å². The summed E-state index contributed by atoms with van der Waals surface area (Å²) in [5.41, 5.74) is 1.97. The molecule has 0 aliphatic carbocycles. The Hall–Kier alpha value is -2.54. The highest BCUT2D eigenvalue weighted by Crippen LogP contribution is 2.31. The van der Waals surface area contributed by atoms with Crippen molar-refractivity contribution in [2.75, 3.05) is 19.8 Å². The third-order valence-electron chi connectivity index (χ3n) is 5.19. The molecule has 0 spiro atoms. The molecule has 2 aromatic rings. The lowest BCUT2D eigenvalue weighted by atomic mass is 10.1. The van der Waals surface area contributed by atoms with Gasteiger partial charge in [-0.1, -0.05) is 41.1 Å². The summed E-state index contributed by atoms with van der Waals surface area (Å²) >= 11 is 3.48. The quantitative estimate of drug-likeness (QED) is 0.576. The summed E-state index contributed by atoms with van der Waals surface area (Å²) < 4.78 is 12.1. The second-order valence-electron chi connectivity index (χ2n) is 7.60. The molecule has 7 heteroatoms. The van der Waals surface area contributed by atoms with Crippen LogP contribution in [0.5, 0.6) is 11.5 Å². The van der Waals surface area contributed by atoms with Crippen LogP contribution in [0.4, 0.5) is 0 Å². The van der Waals surface area contributed by atoms with E-state index in [4.69, 9.17) is 9.47 Å². The minimum absolute atomic E-state index is 0.0611. The zero-order valence-electron chi connectivity index (χ0n) is 18.0. The minimum atomic E-state index is -0.557. The first-order valence-electron chi connectivity index (χ1n) is 10.7. The SMILES string of the molecule is CCCNC(=O)[C@@H](C)N(Cc1cccc(Br)c1)C(=O)CCc1ccc2c(c1)OCCO2. The minimum Gasteiger partial charge on any atom is -0.486 e. The van der Waals surface area contributed by atoms with E-state index in [0.717, 1.165) is 33.5 Å². The maximum Gasteiger partial charge on any atom is 0.242 e. The summed E-state index contributed by atoms with van der Waals surface area (Å²) in [6.45, 7) is 5.83. The lowest BCUT2D eigenvalue weighted by Crippen LogP contribution is -2.47. The number of ether oxygens (including phenoxy) is 2. The van der Waals surface area contributed by atoms with Crippen LogP contribution in [0, 0.1) is 0 Å². The lowest BCUT2D eigenvalue weighted by molar-refractivity contribution is -0.140. The van der Waals surface area contributed by atoms with Gasteiger partial charge in [0.1, 0.15) is 19.3 Å². The first-order valence-corrected chi connectivity index (χ1v) is 11.5. The molecule has 1 atom stereocenters. The molecule has 6 nitrogen and oxygen atoms in total. The number of aryl methyl sites for hydroxylation is 1. The molecule has 1 heterocycles. The molecule has 2 aromatic carbocycles. The number of fused-ring (bicyclic) bond motifs is 1. The van der Waals surface area contributed by atoms with Crippen LogP contribution < -0.4 is 14.8 Å². The van der Waals surface area contributed by atoms with Gasteiger partial charge < -0.3 is 19.7 Å². The first kappa shape index (κ1) is 23.1. The molecule has 3 rings (SSSR count). The number of amides is 2. The average molecular weight is 489 g/mol. The van der Waals surface area contributed by atoms with Crippen LogP contribution in [-0.2, 0) is 22.6 Å². The second-order valence-corrected chi connectivity index (χ2v) is 8.51. The Morgan fingerprint density at radius 2 is 1.87 bits per heavy atom. The van der Waals surface area contributed by atoms with Crippen molar-refractivity contribution in [2.24, 2.45) is 0 Å². The Kier molecular flexibility index (Phi) is 8.35. The monoisotopic (exact) mass is 488 g/mol. The van der Waals surface area contributed by atoms with Gasteiger partial charge in [-0.15, -0.1) is 0 Å². The van der Waals surface area contributed by atoms with Crippen LogP contribution in [0.25, 0.3) is 0 Å². The van der Waals surface area contributed by atoms with E-state index in [1.165, 1.54) is 0 Å². The van der Waals surface area contributed by atoms with Crippen LogP contribution in [0.3, 0.4) is 0 Å². The van der Waals surface area contributed by atoms with Crippen molar-refractivity contribution >= 4 is 27.7 Å². The van der Waals surface area contributed by atoms with Crippen molar-refractivity contribution in [2.45, 2.75) is 45.7 Å². The fraction of sp³-hybridized carbons (Fsp3) is 0.417. The Morgan fingerprint density at radius 1 is 1.10 bits per heavy atom. The van der Waals surface area contributed by atoms with Gasteiger partial charge in [0, 0.05) is 24.0 Å². The third-order valence-corrected chi connectivity index (χ3v) is 5.69. The molecule has 0 fully saturated rings. The molecule has 1 aliphatic rings. The maximum absolute atomic E-state index is 13.2. The van der Waals surface area contributed by atoms with E-state index in [9.17, 15) is 9.59 Å². The highest BCUT2D eigenvalue weighted by Gasteiger charge is 2.26. The smallest absolute Gasteiger partial charge is 0.242 e. The van der Waals surface area contributed by atoms with Crippen LogP contribution >= 0.6 is 15.9 Å². The summed E-state index contributed by atoms with van der Waals surface area (Å²) in [4.78, 5) is 27.4. The molecule has 0 radical (unpaired) electrons. The number of rotatable bonds is 9. The van der Waals surface area contributed by atoms with E-state index >= 15 is 0 Å². The van der Waals surface area contributed by atoms with Gasteiger partial charge in [-0.3, -0.25) is 9.59 Å². The van der Waals surface area contributed by atoms with Gasteiger partial charge in [-0.05, 0) is 55.2 Å². The highest BCUT2D eigenvalue weighted by atomic mass is 79.9. The highest BCUT2D eigenvalue weighted by molar-refractivity contribution is 9.10. The van der Waals surface area contributed by atoms with Gasteiger partial charge in [0.25, 0.3) is 0 Å². The van der Waals surface area contributed by atoms with Gasteiger partial charge in [-0.25, -0.2) is 0 Å². The third kappa shape index (κ3) is 6.47. The lowest BCUT2D eigenvalue weighted by Gasteiger charge is -2.29. The molecule has 0 saturated heterocycles. The Bertz CT molecular complexity index is 918. The molecular weight excluding hydrogens is 460 g/mol. The van der Waals surface area contributed by atoms with E-state index in [0.29, 0.717) is 39.1 Å². The van der Waals surface area contributed by atoms with Crippen molar-refractivity contribution < 1.29 is 19.1 Å². The first-order chi connectivity index (χ1) is 15.0. The van der Waals surface area contributed by atoms with Gasteiger partial charge in [0.05, 0.1) is 0 Å². The van der Waals surface area contributed by atoms with Crippen LogP contribution in [-0.4, -0.2) is 42.5 Å². The molecule has 1 N–H and O–H groups in total. The number of halogens is 1. The number of hydrogen-bond acceptors (Lipinski definition) is 4. The normalized spacial score (nSPS) is 13.4. The number of nitrogens with zero attached hydrogens (tertiary/aromatic N) is 1. The Balaban J connectivity index is 1.70. The predicted octanol–water partition coefficient (Wildman–Crippen LogP) is 4.10. The number of carbonyl (C=O) groups excluding carboxylic acids is 2. The van der Waals surface area contributed by atoms with Gasteiger partial charge in [-0.2, -0.15) is 0 Å². The van der Waals surface area contributed by atoms with E-state index in [2.05, 4.69) is 21.2 Å². The molecule has 0 bridgehead atoms. The fourth-order valence-corrected chi connectivity index (χ4v) is 3.90. The molecule has 0 aromatic heterocycles. The summed E-state index contributed by atoms with van der Waals surface area (Å²) in [7, 11) is 0. The van der Waals surface area contributed by atoms with E-state index < -0.39 is 6.04 Å². The number of carbonyl (C=O) groups is 2. The zero-order chi connectivity index (χ0) is 22.2. The molecule has 0 saturated carbocycles. The van der Waals surface area contributed by atoms with Crippen LogP contribution in [0.15, 0.2) is 46.9 Å². The second kappa shape index (κ2) is 11.2. The predicted molar refractivity (Wildman–Crippen MR) is 123 cm³/mol. The van der Waals surface area contributed by atoms with Crippen molar-refractivity contribution in [1.29, 1.82) is 0 Å².